The van der Waals surface area contributed by atoms with Crippen LogP contribution in [-0.2, 0) is 4.74 Å². The number of benzene rings is 1. The lowest BCUT2D eigenvalue weighted by Crippen LogP contribution is -2.53. The largest absolute Gasteiger partial charge is 0.383 e. The lowest BCUT2D eigenvalue weighted by molar-refractivity contribution is -0.385. The first kappa shape index (κ1) is 19.3. The van der Waals surface area contributed by atoms with E-state index >= 15 is 0 Å². The molecule has 0 spiro atoms. The van der Waals surface area contributed by atoms with Gasteiger partial charge in [0.15, 0.2) is 0 Å². The van der Waals surface area contributed by atoms with Gasteiger partial charge in [-0.05, 0) is 25.5 Å². The third kappa shape index (κ3) is 4.85. The summed E-state index contributed by atoms with van der Waals surface area (Å²) in [7, 11) is 1.58. The number of halogens is 2. The van der Waals surface area contributed by atoms with E-state index in [1.54, 1.807) is 7.11 Å². The first-order valence-electron chi connectivity index (χ1n) is 6.93. The van der Waals surface area contributed by atoms with E-state index in [0.29, 0.717) is 13.2 Å². The van der Waals surface area contributed by atoms with Crippen LogP contribution in [-0.4, -0.2) is 43.2 Å². The molecule has 1 unspecified atom stereocenters. The molecular weight excluding hydrogens is 329 g/mol. The van der Waals surface area contributed by atoms with Gasteiger partial charge in [-0.3, -0.25) is 14.9 Å². The number of carbonyl (C=O) groups excluding carboxylic acids is 1. The predicted octanol–water partition coefficient (Wildman–Crippen LogP) is 1.65. The summed E-state index contributed by atoms with van der Waals surface area (Å²) in [4.78, 5) is 22.1. The number of amides is 1. The summed E-state index contributed by atoms with van der Waals surface area (Å²) in [6.45, 7) is 1.59. The molecule has 1 saturated heterocycles. The molecule has 0 radical (unpaired) electrons. The summed E-state index contributed by atoms with van der Waals surface area (Å²) >= 11 is 0. The molecule has 0 aromatic heterocycles. The molecule has 0 aliphatic carbocycles. The van der Waals surface area contributed by atoms with Crippen LogP contribution in [0, 0.1) is 15.9 Å². The summed E-state index contributed by atoms with van der Waals surface area (Å²) < 4.78 is 18.5. The molecular formula is C14H19ClFN3O4. The number of ether oxygens (including phenoxy) is 1. The van der Waals surface area contributed by atoms with E-state index in [-0.39, 0.29) is 23.5 Å². The standard InChI is InChI=1S/C14H18FN3O4.ClH/c1-22-9-14(3-2-4-17-14)8-16-13(19)10-5-11(15)7-12(6-10)18(20)21;/h5-7,17H,2-4,8-9H2,1H3,(H,16,19);1H. The van der Waals surface area contributed by atoms with Crippen molar-refractivity contribution in [3.05, 3.63) is 39.7 Å². The molecule has 2 rings (SSSR count). The molecule has 1 fully saturated rings. The molecule has 128 valence electrons. The van der Waals surface area contributed by atoms with E-state index in [0.717, 1.165) is 37.6 Å². The number of carbonyl (C=O) groups is 1. The van der Waals surface area contributed by atoms with Crippen molar-refractivity contribution in [2.24, 2.45) is 0 Å². The van der Waals surface area contributed by atoms with Gasteiger partial charge in [0, 0.05) is 25.3 Å². The van der Waals surface area contributed by atoms with E-state index in [4.69, 9.17) is 4.74 Å². The zero-order chi connectivity index (χ0) is 16.2. The molecule has 1 aliphatic rings. The van der Waals surface area contributed by atoms with Crippen molar-refractivity contribution in [2.45, 2.75) is 18.4 Å². The van der Waals surface area contributed by atoms with Crippen molar-refractivity contribution >= 4 is 24.0 Å². The number of nitro benzene ring substituents is 1. The highest BCUT2D eigenvalue weighted by Crippen LogP contribution is 2.20. The third-order valence-corrected chi connectivity index (χ3v) is 3.70. The van der Waals surface area contributed by atoms with Gasteiger partial charge in [-0.15, -0.1) is 12.4 Å². The minimum Gasteiger partial charge on any atom is -0.383 e. The fraction of sp³-hybridized carbons (Fsp3) is 0.500. The van der Waals surface area contributed by atoms with Gasteiger partial charge >= 0.3 is 0 Å². The third-order valence-electron chi connectivity index (χ3n) is 3.70. The lowest BCUT2D eigenvalue weighted by Gasteiger charge is -2.28. The highest BCUT2D eigenvalue weighted by Gasteiger charge is 2.33. The number of methoxy groups -OCH3 is 1. The Morgan fingerprint density at radius 2 is 2.26 bits per heavy atom. The Balaban J connectivity index is 0.00000264. The molecule has 0 saturated carbocycles. The van der Waals surface area contributed by atoms with Gasteiger partial charge < -0.3 is 15.4 Å². The molecule has 9 heteroatoms. The van der Waals surface area contributed by atoms with Crippen LogP contribution in [0.25, 0.3) is 0 Å². The fourth-order valence-electron chi connectivity index (χ4n) is 2.63. The number of nitrogens with zero attached hydrogens (tertiary/aromatic N) is 1. The molecule has 1 aromatic rings. The first-order valence-corrected chi connectivity index (χ1v) is 6.93. The van der Waals surface area contributed by atoms with Gasteiger partial charge in [0.1, 0.15) is 5.82 Å². The molecule has 1 aliphatic heterocycles. The zero-order valence-electron chi connectivity index (χ0n) is 12.6. The maximum absolute atomic E-state index is 13.4. The topological polar surface area (TPSA) is 93.5 Å². The van der Waals surface area contributed by atoms with Crippen LogP contribution in [0.15, 0.2) is 18.2 Å². The summed E-state index contributed by atoms with van der Waals surface area (Å²) in [5, 5.41) is 16.7. The second-order valence-electron chi connectivity index (χ2n) is 5.38. The van der Waals surface area contributed by atoms with Crippen LogP contribution in [0.3, 0.4) is 0 Å². The molecule has 2 N–H and O–H groups in total. The highest BCUT2D eigenvalue weighted by molar-refractivity contribution is 5.94. The Kier molecular flexibility index (Phi) is 6.86. The molecule has 7 nitrogen and oxygen atoms in total. The minimum absolute atomic E-state index is 0. The van der Waals surface area contributed by atoms with Gasteiger partial charge in [-0.1, -0.05) is 0 Å². The Labute approximate surface area is 139 Å². The average molecular weight is 348 g/mol. The van der Waals surface area contributed by atoms with Gasteiger partial charge in [-0.2, -0.15) is 0 Å². The number of non-ortho nitro benzene ring substituents is 1. The number of nitro groups is 1. The fourth-order valence-corrected chi connectivity index (χ4v) is 2.63. The van der Waals surface area contributed by atoms with Gasteiger partial charge in [0.25, 0.3) is 11.6 Å². The first-order chi connectivity index (χ1) is 10.5. The summed E-state index contributed by atoms with van der Waals surface area (Å²) in [6, 6.07) is 2.82. The average Bonchev–Trinajstić information content (AvgIpc) is 2.93. The van der Waals surface area contributed by atoms with E-state index < -0.39 is 22.3 Å². The van der Waals surface area contributed by atoms with Gasteiger partial charge in [-0.25, -0.2) is 4.39 Å². The zero-order valence-corrected chi connectivity index (χ0v) is 13.5. The number of hydrogen-bond donors (Lipinski definition) is 2. The number of rotatable bonds is 6. The quantitative estimate of drug-likeness (QED) is 0.603. The minimum atomic E-state index is -0.815. The molecule has 1 atom stereocenters. The van der Waals surface area contributed by atoms with Crippen LogP contribution in [0.2, 0.25) is 0 Å². The maximum Gasteiger partial charge on any atom is 0.273 e. The second kappa shape index (κ2) is 8.19. The molecule has 23 heavy (non-hydrogen) atoms. The Hall–Kier alpha value is -1.77. The normalized spacial score (nSPS) is 19.9. The summed E-state index contributed by atoms with van der Waals surface area (Å²) in [6.07, 6.45) is 1.83. The highest BCUT2D eigenvalue weighted by atomic mass is 35.5. The predicted molar refractivity (Wildman–Crippen MR) is 84.5 cm³/mol. The van der Waals surface area contributed by atoms with Crippen LogP contribution in [0.1, 0.15) is 23.2 Å². The van der Waals surface area contributed by atoms with Crippen molar-refractivity contribution < 1.29 is 18.8 Å². The monoisotopic (exact) mass is 347 g/mol. The van der Waals surface area contributed by atoms with Crippen LogP contribution < -0.4 is 10.6 Å². The van der Waals surface area contributed by atoms with E-state index in [2.05, 4.69) is 10.6 Å². The SMILES string of the molecule is COCC1(CNC(=O)c2cc(F)cc([N+](=O)[O-])c2)CCCN1.Cl. The second-order valence-corrected chi connectivity index (χ2v) is 5.38. The summed E-state index contributed by atoms with van der Waals surface area (Å²) in [5.74, 6) is -1.36. The maximum atomic E-state index is 13.4. The Morgan fingerprint density at radius 1 is 1.52 bits per heavy atom. The lowest BCUT2D eigenvalue weighted by atomic mass is 9.98. The number of nitrogens with one attached hydrogen (secondary N) is 2. The van der Waals surface area contributed by atoms with Crippen molar-refractivity contribution in [3.63, 3.8) is 0 Å². The Bertz CT molecular complexity index is 579. The van der Waals surface area contributed by atoms with E-state index in [9.17, 15) is 19.3 Å². The van der Waals surface area contributed by atoms with Gasteiger partial charge in [0.2, 0.25) is 0 Å². The molecule has 1 aromatic carbocycles. The number of hydrogen-bond acceptors (Lipinski definition) is 5. The van der Waals surface area contributed by atoms with E-state index in [1.807, 2.05) is 0 Å². The molecule has 1 heterocycles. The van der Waals surface area contributed by atoms with Gasteiger partial charge in [0.05, 0.1) is 23.1 Å². The van der Waals surface area contributed by atoms with E-state index in [1.165, 1.54) is 0 Å². The smallest absolute Gasteiger partial charge is 0.273 e. The molecule has 0 bridgehead atoms. The molecule has 1 amide bonds. The van der Waals surface area contributed by atoms with Crippen molar-refractivity contribution in [1.82, 2.24) is 10.6 Å². The van der Waals surface area contributed by atoms with Crippen LogP contribution in [0.4, 0.5) is 10.1 Å². The van der Waals surface area contributed by atoms with Crippen molar-refractivity contribution in [2.75, 3.05) is 26.8 Å². The van der Waals surface area contributed by atoms with Crippen LogP contribution >= 0.6 is 12.4 Å². The summed E-state index contributed by atoms with van der Waals surface area (Å²) in [5.41, 5.74) is -0.864. The van der Waals surface area contributed by atoms with Crippen molar-refractivity contribution in [1.29, 1.82) is 0 Å². The van der Waals surface area contributed by atoms with Crippen LogP contribution in [0.5, 0.6) is 0 Å². The Morgan fingerprint density at radius 3 is 2.83 bits per heavy atom. The van der Waals surface area contributed by atoms with Crippen molar-refractivity contribution in [3.8, 4) is 0 Å².